The number of nitrogens with zero attached hydrogens (tertiary/aromatic N) is 2. The van der Waals surface area contributed by atoms with Crippen LogP contribution >= 0.6 is 11.6 Å². The summed E-state index contributed by atoms with van der Waals surface area (Å²) < 4.78 is 0. The first-order valence-corrected chi connectivity index (χ1v) is 4.83. The molecule has 0 unspecified atom stereocenters. The number of β-amino-alcohol motifs (C(OH)–C–C–N with tert-alkyl or cyclic N) is 1. The first kappa shape index (κ1) is 10.2. The second kappa shape index (κ2) is 3.67. The molecule has 1 N–H and O–H groups in total. The third-order valence-corrected chi connectivity index (χ3v) is 2.65. The Morgan fingerprint density at radius 3 is 2.73 bits per heavy atom. The fourth-order valence-corrected chi connectivity index (χ4v) is 1.89. The van der Waals surface area contributed by atoms with Crippen LogP contribution in [0, 0.1) is 10.1 Å². The number of aliphatic hydroxyl groups excluding tert-OH is 1. The van der Waals surface area contributed by atoms with Crippen LogP contribution in [0.15, 0.2) is 18.2 Å². The standard InChI is InChI=1S/C9H9ClN2O3/c10-7-2-1-3-8(12(14)15)9(7)11-4-6(13)5-11/h1-3,6,13H,4-5H2. The third kappa shape index (κ3) is 1.75. The molecule has 5 nitrogen and oxygen atoms in total. The fourth-order valence-electron chi connectivity index (χ4n) is 1.60. The summed E-state index contributed by atoms with van der Waals surface area (Å²) in [5.41, 5.74) is 0.379. The Kier molecular flexibility index (Phi) is 2.50. The molecule has 1 aliphatic heterocycles. The third-order valence-electron chi connectivity index (χ3n) is 2.34. The van der Waals surface area contributed by atoms with E-state index >= 15 is 0 Å². The molecule has 0 saturated carbocycles. The van der Waals surface area contributed by atoms with Crippen LogP contribution in [0.2, 0.25) is 5.02 Å². The van der Waals surface area contributed by atoms with Crippen LogP contribution in [0.25, 0.3) is 0 Å². The molecule has 2 rings (SSSR count). The van der Waals surface area contributed by atoms with E-state index in [0.717, 1.165) is 0 Å². The Morgan fingerprint density at radius 1 is 1.53 bits per heavy atom. The number of rotatable bonds is 2. The Bertz CT molecular complexity index is 404. The molecule has 15 heavy (non-hydrogen) atoms. The van der Waals surface area contributed by atoms with Gasteiger partial charge in [0.1, 0.15) is 5.69 Å². The zero-order valence-electron chi connectivity index (χ0n) is 7.76. The van der Waals surface area contributed by atoms with E-state index in [-0.39, 0.29) is 5.69 Å². The topological polar surface area (TPSA) is 66.6 Å². The SMILES string of the molecule is O=[N+]([O-])c1cccc(Cl)c1N1CC(O)C1. The van der Waals surface area contributed by atoms with Crippen LogP contribution in [-0.4, -0.2) is 29.2 Å². The molecule has 1 fully saturated rings. The summed E-state index contributed by atoms with van der Waals surface area (Å²) in [4.78, 5) is 12.0. The lowest BCUT2D eigenvalue weighted by molar-refractivity contribution is -0.384. The van der Waals surface area contributed by atoms with E-state index in [1.54, 1.807) is 17.0 Å². The van der Waals surface area contributed by atoms with Crippen molar-refractivity contribution in [2.24, 2.45) is 0 Å². The largest absolute Gasteiger partial charge is 0.389 e. The fraction of sp³-hybridized carbons (Fsp3) is 0.333. The number of para-hydroxylation sites is 1. The Hall–Kier alpha value is -1.33. The van der Waals surface area contributed by atoms with Gasteiger partial charge in [-0.1, -0.05) is 17.7 Å². The van der Waals surface area contributed by atoms with Crippen molar-refractivity contribution >= 4 is 23.0 Å². The summed E-state index contributed by atoms with van der Waals surface area (Å²) >= 11 is 5.90. The quantitative estimate of drug-likeness (QED) is 0.614. The van der Waals surface area contributed by atoms with Crippen LogP contribution in [0.4, 0.5) is 11.4 Å². The summed E-state index contributed by atoms with van der Waals surface area (Å²) in [5.74, 6) is 0. The lowest BCUT2D eigenvalue weighted by Crippen LogP contribution is -2.51. The zero-order chi connectivity index (χ0) is 11.0. The first-order chi connectivity index (χ1) is 7.09. The number of nitro groups is 1. The molecule has 1 saturated heterocycles. The second-order valence-electron chi connectivity index (χ2n) is 3.42. The van der Waals surface area contributed by atoms with Gasteiger partial charge in [0.05, 0.1) is 16.0 Å². The minimum Gasteiger partial charge on any atom is -0.389 e. The summed E-state index contributed by atoms with van der Waals surface area (Å²) in [6.45, 7) is 0.787. The number of halogens is 1. The molecule has 6 heteroatoms. The van der Waals surface area contributed by atoms with Gasteiger partial charge in [0.15, 0.2) is 0 Å². The predicted octanol–water partition coefficient (Wildman–Crippen LogP) is 1.43. The monoisotopic (exact) mass is 228 g/mol. The smallest absolute Gasteiger partial charge is 0.294 e. The van der Waals surface area contributed by atoms with Gasteiger partial charge in [-0.25, -0.2) is 0 Å². The summed E-state index contributed by atoms with van der Waals surface area (Å²) in [7, 11) is 0. The van der Waals surface area contributed by atoms with Crippen LogP contribution in [-0.2, 0) is 0 Å². The molecule has 1 aliphatic rings. The van der Waals surface area contributed by atoms with E-state index in [2.05, 4.69) is 0 Å². The van der Waals surface area contributed by atoms with Crippen molar-refractivity contribution in [1.29, 1.82) is 0 Å². The maximum absolute atomic E-state index is 10.8. The van der Waals surface area contributed by atoms with Crippen molar-refractivity contribution in [1.82, 2.24) is 0 Å². The number of benzene rings is 1. The molecule has 1 heterocycles. The zero-order valence-corrected chi connectivity index (χ0v) is 8.52. The van der Waals surface area contributed by atoms with E-state index in [4.69, 9.17) is 16.7 Å². The van der Waals surface area contributed by atoms with Gasteiger partial charge in [-0.3, -0.25) is 10.1 Å². The van der Waals surface area contributed by atoms with Crippen molar-refractivity contribution in [3.63, 3.8) is 0 Å². The van der Waals surface area contributed by atoms with Gasteiger partial charge in [-0.2, -0.15) is 0 Å². The van der Waals surface area contributed by atoms with Gasteiger partial charge >= 0.3 is 0 Å². The van der Waals surface area contributed by atoms with Crippen molar-refractivity contribution in [2.45, 2.75) is 6.10 Å². The van der Waals surface area contributed by atoms with E-state index in [1.165, 1.54) is 6.07 Å². The van der Waals surface area contributed by atoms with E-state index in [9.17, 15) is 10.1 Å². The van der Waals surface area contributed by atoms with E-state index in [1.807, 2.05) is 0 Å². The Morgan fingerprint density at radius 2 is 2.20 bits per heavy atom. The molecule has 0 aliphatic carbocycles. The average Bonchev–Trinajstić information content (AvgIpc) is 2.13. The van der Waals surface area contributed by atoms with Crippen molar-refractivity contribution in [3.05, 3.63) is 33.3 Å². The van der Waals surface area contributed by atoms with Gasteiger partial charge < -0.3 is 10.0 Å². The Labute approximate surface area is 91.0 Å². The van der Waals surface area contributed by atoms with Gasteiger partial charge in [-0.05, 0) is 6.07 Å². The van der Waals surface area contributed by atoms with Gasteiger partial charge in [0, 0.05) is 19.2 Å². The van der Waals surface area contributed by atoms with Crippen LogP contribution in [0.1, 0.15) is 0 Å². The summed E-state index contributed by atoms with van der Waals surface area (Å²) in [6, 6.07) is 4.56. The minimum atomic E-state index is -0.466. The molecule has 0 atom stereocenters. The summed E-state index contributed by atoms with van der Waals surface area (Å²) in [6.07, 6.45) is -0.416. The molecule has 1 aromatic rings. The highest BCUT2D eigenvalue weighted by atomic mass is 35.5. The predicted molar refractivity (Wildman–Crippen MR) is 56.3 cm³/mol. The van der Waals surface area contributed by atoms with Gasteiger partial charge in [0.25, 0.3) is 5.69 Å². The van der Waals surface area contributed by atoms with Crippen molar-refractivity contribution in [3.8, 4) is 0 Å². The number of hydrogen-bond acceptors (Lipinski definition) is 4. The van der Waals surface area contributed by atoms with E-state index < -0.39 is 11.0 Å². The molecular formula is C9H9ClN2O3. The molecule has 0 radical (unpaired) electrons. The normalized spacial score (nSPS) is 16.3. The average molecular weight is 229 g/mol. The van der Waals surface area contributed by atoms with Crippen molar-refractivity contribution in [2.75, 3.05) is 18.0 Å². The molecule has 0 aromatic heterocycles. The highest BCUT2D eigenvalue weighted by molar-refractivity contribution is 6.33. The Balaban J connectivity index is 2.39. The van der Waals surface area contributed by atoms with Crippen LogP contribution in [0.5, 0.6) is 0 Å². The first-order valence-electron chi connectivity index (χ1n) is 4.45. The molecule has 0 bridgehead atoms. The lowest BCUT2D eigenvalue weighted by Gasteiger charge is -2.37. The van der Waals surface area contributed by atoms with Crippen LogP contribution in [0.3, 0.4) is 0 Å². The molecular weight excluding hydrogens is 220 g/mol. The summed E-state index contributed by atoms with van der Waals surface area (Å²) in [5, 5.41) is 20.2. The van der Waals surface area contributed by atoms with E-state index in [0.29, 0.717) is 23.8 Å². The molecule has 0 amide bonds. The molecule has 1 aromatic carbocycles. The number of hydrogen-bond donors (Lipinski definition) is 1. The van der Waals surface area contributed by atoms with Gasteiger partial charge in [0.2, 0.25) is 0 Å². The molecule has 80 valence electrons. The van der Waals surface area contributed by atoms with Gasteiger partial charge in [-0.15, -0.1) is 0 Å². The lowest BCUT2D eigenvalue weighted by atomic mass is 10.1. The maximum Gasteiger partial charge on any atom is 0.294 e. The highest BCUT2D eigenvalue weighted by Gasteiger charge is 2.31. The number of aliphatic hydroxyl groups is 1. The minimum absolute atomic E-state index is 0.0191. The highest BCUT2D eigenvalue weighted by Crippen LogP contribution is 2.37. The molecule has 0 spiro atoms. The van der Waals surface area contributed by atoms with Crippen molar-refractivity contribution < 1.29 is 10.0 Å². The van der Waals surface area contributed by atoms with Crippen LogP contribution < -0.4 is 4.90 Å². The maximum atomic E-state index is 10.8. The second-order valence-corrected chi connectivity index (χ2v) is 3.83. The number of nitro benzene ring substituents is 1. The number of anilines is 1.